The van der Waals surface area contributed by atoms with Gasteiger partial charge in [-0.1, -0.05) is 18.2 Å². The van der Waals surface area contributed by atoms with Gasteiger partial charge in [0.05, 0.1) is 6.61 Å². The Bertz CT molecular complexity index is 305. The maximum atomic E-state index is 9.02. The van der Waals surface area contributed by atoms with Gasteiger partial charge in [-0.3, -0.25) is 0 Å². The van der Waals surface area contributed by atoms with Crippen LogP contribution in [0.15, 0.2) is 30.5 Å². The molecule has 0 aromatic heterocycles. The lowest BCUT2D eigenvalue weighted by Gasteiger charge is -2.08. The minimum atomic E-state index is 0.0944. The molecule has 0 bridgehead atoms. The molecule has 0 heterocycles. The first-order valence-electron chi connectivity index (χ1n) is 4.36. The van der Waals surface area contributed by atoms with E-state index < -0.39 is 0 Å². The van der Waals surface area contributed by atoms with Crippen molar-refractivity contribution in [3.05, 3.63) is 41.6 Å². The quantitative estimate of drug-likeness (QED) is 0.743. The molecule has 1 aromatic rings. The molecule has 1 rings (SSSR count). The van der Waals surface area contributed by atoms with Gasteiger partial charge in [-0.05, 0) is 37.2 Å². The van der Waals surface area contributed by atoms with E-state index in [-0.39, 0.29) is 6.61 Å². The fourth-order valence-corrected chi connectivity index (χ4v) is 1.18. The first kappa shape index (κ1) is 9.81. The van der Waals surface area contributed by atoms with Gasteiger partial charge in [-0.25, -0.2) is 0 Å². The normalized spacial score (nSPS) is 10.7. The van der Waals surface area contributed by atoms with Crippen molar-refractivity contribution in [1.29, 1.82) is 0 Å². The standard InChI is InChI=1S/C11H15NO/c1-3-7-12-11-6-4-5-10(8-13)9(11)2/h3-7,12-13H,8H2,1-2H3. The summed E-state index contributed by atoms with van der Waals surface area (Å²) in [7, 11) is 0. The van der Waals surface area contributed by atoms with Crippen LogP contribution in [0.5, 0.6) is 0 Å². The Balaban J connectivity index is 2.94. The van der Waals surface area contributed by atoms with Gasteiger partial charge >= 0.3 is 0 Å². The summed E-state index contributed by atoms with van der Waals surface area (Å²) in [6, 6.07) is 5.86. The van der Waals surface area contributed by atoms with Crippen LogP contribution in [0, 0.1) is 6.92 Å². The molecular weight excluding hydrogens is 162 g/mol. The summed E-state index contributed by atoms with van der Waals surface area (Å²) in [4.78, 5) is 0. The molecule has 0 aliphatic heterocycles. The molecule has 0 aliphatic carbocycles. The van der Waals surface area contributed by atoms with Crippen LogP contribution in [0.25, 0.3) is 0 Å². The molecule has 2 nitrogen and oxygen atoms in total. The van der Waals surface area contributed by atoms with E-state index in [2.05, 4.69) is 5.32 Å². The molecular formula is C11H15NO. The average Bonchev–Trinajstić information content (AvgIpc) is 2.16. The highest BCUT2D eigenvalue weighted by Gasteiger charge is 2.00. The summed E-state index contributed by atoms with van der Waals surface area (Å²) >= 11 is 0. The maximum Gasteiger partial charge on any atom is 0.0685 e. The molecule has 0 spiro atoms. The van der Waals surface area contributed by atoms with Gasteiger partial charge in [0.2, 0.25) is 0 Å². The van der Waals surface area contributed by atoms with Crippen LogP contribution in [0.3, 0.4) is 0 Å². The van der Waals surface area contributed by atoms with E-state index in [0.717, 1.165) is 16.8 Å². The van der Waals surface area contributed by atoms with Crippen LogP contribution >= 0.6 is 0 Å². The van der Waals surface area contributed by atoms with Crippen molar-refractivity contribution in [2.45, 2.75) is 20.5 Å². The third-order valence-corrected chi connectivity index (χ3v) is 2.02. The van der Waals surface area contributed by atoms with Crippen molar-refractivity contribution in [3.63, 3.8) is 0 Å². The Hall–Kier alpha value is -1.28. The van der Waals surface area contributed by atoms with E-state index in [0.29, 0.717) is 0 Å². The molecule has 0 amide bonds. The number of rotatable bonds is 3. The van der Waals surface area contributed by atoms with Crippen molar-refractivity contribution < 1.29 is 5.11 Å². The van der Waals surface area contributed by atoms with Gasteiger partial charge in [-0.2, -0.15) is 0 Å². The Morgan fingerprint density at radius 1 is 1.46 bits per heavy atom. The number of aliphatic hydroxyl groups excluding tert-OH is 1. The van der Waals surface area contributed by atoms with E-state index in [1.165, 1.54) is 0 Å². The molecule has 2 heteroatoms. The fraction of sp³-hybridized carbons (Fsp3) is 0.273. The number of aliphatic hydroxyl groups is 1. The molecule has 2 N–H and O–H groups in total. The van der Waals surface area contributed by atoms with Gasteiger partial charge in [-0.15, -0.1) is 0 Å². The molecule has 13 heavy (non-hydrogen) atoms. The van der Waals surface area contributed by atoms with Crippen molar-refractivity contribution in [1.82, 2.24) is 0 Å². The molecule has 0 atom stereocenters. The second kappa shape index (κ2) is 4.67. The van der Waals surface area contributed by atoms with E-state index >= 15 is 0 Å². The van der Waals surface area contributed by atoms with Crippen LogP contribution in [0.1, 0.15) is 18.1 Å². The molecule has 70 valence electrons. The zero-order valence-electron chi connectivity index (χ0n) is 8.04. The average molecular weight is 177 g/mol. The number of anilines is 1. The Morgan fingerprint density at radius 3 is 2.85 bits per heavy atom. The van der Waals surface area contributed by atoms with Gasteiger partial charge in [0.15, 0.2) is 0 Å². The lowest BCUT2D eigenvalue weighted by molar-refractivity contribution is 0.281. The molecule has 1 aromatic carbocycles. The van der Waals surface area contributed by atoms with E-state index in [4.69, 9.17) is 5.11 Å². The molecule has 0 saturated carbocycles. The highest BCUT2D eigenvalue weighted by Crippen LogP contribution is 2.18. The third kappa shape index (κ3) is 2.33. The maximum absolute atomic E-state index is 9.02. The summed E-state index contributed by atoms with van der Waals surface area (Å²) in [6.07, 6.45) is 3.81. The molecule has 0 fully saturated rings. The zero-order chi connectivity index (χ0) is 9.68. The fourth-order valence-electron chi connectivity index (χ4n) is 1.18. The first-order chi connectivity index (χ1) is 6.29. The molecule has 0 radical (unpaired) electrons. The van der Waals surface area contributed by atoms with Gasteiger partial charge in [0, 0.05) is 5.69 Å². The Morgan fingerprint density at radius 2 is 2.23 bits per heavy atom. The number of hydrogen-bond donors (Lipinski definition) is 2. The highest BCUT2D eigenvalue weighted by atomic mass is 16.3. The SMILES string of the molecule is CC=CNc1cccc(CO)c1C. The largest absolute Gasteiger partial charge is 0.392 e. The lowest BCUT2D eigenvalue weighted by Crippen LogP contribution is -1.95. The van der Waals surface area contributed by atoms with Crippen molar-refractivity contribution in [2.24, 2.45) is 0 Å². The van der Waals surface area contributed by atoms with Gasteiger partial charge in [0.25, 0.3) is 0 Å². The number of benzene rings is 1. The minimum absolute atomic E-state index is 0.0944. The second-order valence-corrected chi connectivity index (χ2v) is 2.89. The molecule has 0 saturated heterocycles. The smallest absolute Gasteiger partial charge is 0.0685 e. The number of nitrogens with one attached hydrogen (secondary N) is 1. The van der Waals surface area contributed by atoms with Crippen molar-refractivity contribution >= 4 is 5.69 Å². The summed E-state index contributed by atoms with van der Waals surface area (Å²) in [5.41, 5.74) is 3.11. The Labute approximate surface area is 78.9 Å². The number of allylic oxidation sites excluding steroid dienone is 1. The predicted molar refractivity (Wildman–Crippen MR) is 55.5 cm³/mol. The van der Waals surface area contributed by atoms with E-state index in [1.807, 2.05) is 44.3 Å². The summed E-state index contributed by atoms with van der Waals surface area (Å²) in [5, 5.41) is 12.2. The third-order valence-electron chi connectivity index (χ3n) is 2.02. The van der Waals surface area contributed by atoms with Crippen LogP contribution in [-0.2, 0) is 6.61 Å². The monoisotopic (exact) mass is 177 g/mol. The van der Waals surface area contributed by atoms with Gasteiger partial charge in [0.1, 0.15) is 0 Å². The zero-order valence-corrected chi connectivity index (χ0v) is 8.04. The minimum Gasteiger partial charge on any atom is -0.392 e. The van der Waals surface area contributed by atoms with Crippen LogP contribution in [0.4, 0.5) is 5.69 Å². The summed E-state index contributed by atoms with van der Waals surface area (Å²) < 4.78 is 0. The van der Waals surface area contributed by atoms with Gasteiger partial charge < -0.3 is 10.4 Å². The predicted octanol–water partition coefficient (Wildman–Crippen LogP) is 2.43. The van der Waals surface area contributed by atoms with Crippen molar-refractivity contribution in [2.75, 3.05) is 5.32 Å². The molecule has 0 aliphatic rings. The highest BCUT2D eigenvalue weighted by molar-refractivity contribution is 5.55. The Kier molecular flexibility index (Phi) is 3.53. The first-order valence-corrected chi connectivity index (χ1v) is 4.36. The van der Waals surface area contributed by atoms with Crippen LogP contribution in [-0.4, -0.2) is 5.11 Å². The van der Waals surface area contributed by atoms with Crippen LogP contribution in [0.2, 0.25) is 0 Å². The molecule has 0 unspecified atom stereocenters. The second-order valence-electron chi connectivity index (χ2n) is 2.89. The lowest BCUT2D eigenvalue weighted by atomic mass is 10.1. The van der Waals surface area contributed by atoms with Crippen molar-refractivity contribution in [3.8, 4) is 0 Å². The van der Waals surface area contributed by atoms with Crippen LogP contribution < -0.4 is 5.32 Å². The summed E-state index contributed by atoms with van der Waals surface area (Å²) in [5.74, 6) is 0. The summed E-state index contributed by atoms with van der Waals surface area (Å²) in [6.45, 7) is 4.05. The topological polar surface area (TPSA) is 32.3 Å². The van der Waals surface area contributed by atoms with E-state index in [1.54, 1.807) is 0 Å². The number of hydrogen-bond acceptors (Lipinski definition) is 2. The van der Waals surface area contributed by atoms with E-state index in [9.17, 15) is 0 Å².